The van der Waals surface area contributed by atoms with Gasteiger partial charge in [0.25, 0.3) is 0 Å². The number of hydroxylamine groups is 2. The normalized spacial score (nSPS) is 30.5. The van der Waals surface area contributed by atoms with Crippen molar-refractivity contribution in [2.24, 2.45) is 0 Å². The third kappa shape index (κ3) is 3.50. The highest BCUT2D eigenvalue weighted by Crippen LogP contribution is 2.46. The molecular weight excluding hydrogens is 302 g/mol. The van der Waals surface area contributed by atoms with Crippen molar-refractivity contribution in [3.63, 3.8) is 0 Å². The molecule has 0 aromatic heterocycles. The lowest BCUT2D eigenvalue weighted by Gasteiger charge is -2.49. The summed E-state index contributed by atoms with van der Waals surface area (Å²) in [5.41, 5.74) is 1.03. The van der Waals surface area contributed by atoms with Gasteiger partial charge in [-0.2, -0.15) is 5.06 Å². The Labute approximate surface area is 145 Å². The fourth-order valence-corrected chi connectivity index (χ4v) is 4.18. The van der Waals surface area contributed by atoms with Gasteiger partial charge in [0, 0.05) is 7.11 Å². The van der Waals surface area contributed by atoms with Crippen molar-refractivity contribution in [3.05, 3.63) is 35.9 Å². The summed E-state index contributed by atoms with van der Waals surface area (Å²) < 4.78 is 11.1. The zero-order chi connectivity index (χ0) is 16.8. The van der Waals surface area contributed by atoms with Crippen LogP contribution in [0.1, 0.15) is 44.1 Å². The lowest BCUT2D eigenvalue weighted by atomic mass is 9.82. The highest BCUT2D eigenvalue weighted by Gasteiger charge is 2.52. The molecule has 0 unspecified atom stereocenters. The third-order valence-corrected chi connectivity index (χ3v) is 5.28. The third-order valence-electron chi connectivity index (χ3n) is 5.28. The molecule has 0 amide bonds. The maximum Gasteiger partial charge on any atom is 0.146 e. The lowest BCUT2D eigenvalue weighted by Crippen LogP contribution is -2.60. The molecule has 3 rings (SSSR count). The molecule has 1 aromatic carbocycles. The second kappa shape index (κ2) is 8.13. The Morgan fingerprint density at radius 1 is 1.21 bits per heavy atom. The minimum atomic E-state index is -0.122. The van der Waals surface area contributed by atoms with Gasteiger partial charge in [-0.15, -0.1) is 6.42 Å². The van der Waals surface area contributed by atoms with E-state index in [0.717, 1.165) is 44.1 Å². The Morgan fingerprint density at radius 3 is 2.67 bits per heavy atom. The largest absolute Gasteiger partial charge is 0.359 e. The van der Waals surface area contributed by atoms with Crippen molar-refractivity contribution in [2.75, 3.05) is 13.9 Å². The molecule has 4 nitrogen and oxygen atoms in total. The molecule has 4 heteroatoms. The Bertz CT molecular complexity index is 556. The second-order valence-electron chi connectivity index (χ2n) is 6.72. The van der Waals surface area contributed by atoms with E-state index >= 15 is 0 Å². The van der Waals surface area contributed by atoms with Gasteiger partial charge in [-0.25, -0.2) is 0 Å². The van der Waals surface area contributed by atoms with Crippen molar-refractivity contribution in [3.8, 4) is 12.3 Å². The van der Waals surface area contributed by atoms with Crippen LogP contribution >= 0.6 is 0 Å². The summed E-state index contributed by atoms with van der Waals surface area (Å²) in [5, 5.41) is 2.09. The number of rotatable bonds is 6. The molecule has 0 N–H and O–H groups in total. The molecule has 1 spiro atoms. The van der Waals surface area contributed by atoms with Crippen LogP contribution in [0.2, 0.25) is 0 Å². The fraction of sp³-hybridized carbons (Fsp3) is 0.600. The Morgan fingerprint density at radius 2 is 1.96 bits per heavy atom. The number of hydrogen-bond acceptors (Lipinski definition) is 4. The lowest BCUT2D eigenvalue weighted by molar-refractivity contribution is -0.285. The average Bonchev–Trinajstić information content (AvgIpc) is 3.02. The van der Waals surface area contributed by atoms with Crippen LogP contribution < -0.4 is 0 Å². The Hall–Kier alpha value is -1.38. The van der Waals surface area contributed by atoms with Crippen LogP contribution in [-0.2, 0) is 20.9 Å². The molecule has 2 aliphatic rings. The molecule has 1 heterocycles. The van der Waals surface area contributed by atoms with E-state index in [1.807, 2.05) is 18.2 Å². The standard InChI is InChI=1S/C20H27NO3/c1-3-18-11-7-13-20(14-8-12-19(20)23-16-22-2)21(18)24-15-17-9-5-4-6-10-17/h1,4-6,9-10,18-19H,7-8,11-16H2,2H3/t18-,19+,20+/m0/s1. The summed E-state index contributed by atoms with van der Waals surface area (Å²) >= 11 is 0. The van der Waals surface area contributed by atoms with Crippen LogP contribution in [0.15, 0.2) is 30.3 Å². The zero-order valence-electron chi connectivity index (χ0n) is 14.4. The first-order chi connectivity index (χ1) is 11.8. The van der Waals surface area contributed by atoms with Gasteiger partial charge in [0.2, 0.25) is 0 Å². The molecule has 2 fully saturated rings. The number of nitrogens with zero attached hydrogens (tertiary/aromatic N) is 1. The summed E-state index contributed by atoms with van der Waals surface area (Å²) in [6.07, 6.45) is 12.3. The first kappa shape index (κ1) is 17.4. The number of terminal acetylenes is 1. The highest BCUT2D eigenvalue weighted by atomic mass is 16.7. The van der Waals surface area contributed by atoms with Gasteiger partial charge in [0.05, 0.1) is 24.3 Å². The van der Waals surface area contributed by atoms with Gasteiger partial charge in [0.1, 0.15) is 6.79 Å². The molecule has 1 aromatic rings. The summed E-state index contributed by atoms with van der Waals surface area (Å²) in [6.45, 7) is 0.859. The highest BCUT2D eigenvalue weighted by molar-refractivity contribution is 5.14. The molecule has 0 radical (unpaired) electrons. The van der Waals surface area contributed by atoms with Crippen molar-refractivity contribution in [2.45, 2.75) is 62.8 Å². The Kier molecular flexibility index (Phi) is 5.91. The minimum Gasteiger partial charge on any atom is -0.359 e. The molecule has 1 aliphatic carbocycles. The second-order valence-corrected chi connectivity index (χ2v) is 6.72. The zero-order valence-corrected chi connectivity index (χ0v) is 14.4. The van der Waals surface area contributed by atoms with E-state index in [4.69, 9.17) is 20.7 Å². The number of methoxy groups -OCH3 is 1. The van der Waals surface area contributed by atoms with E-state index in [2.05, 4.69) is 23.1 Å². The molecule has 1 aliphatic heterocycles. The van der Waals surface area contributed by atoms with Crippen LogP contribution in [0.3, 0.4) is 0 Å². The topological polar surface area (TPSA) is 30.9 Å². The molecule has 1 saturated carbocycles. The molecule has 3 atom stereocenters. The van der Waals surface area contributed by atoms with Crippen LogP contribution in [0.25, 0.3) is 0 Å². The predicted octanol–water partition coefficient (Wildman–Crippen LogP) is 3.52. The van der Waals surface area contributed by atoms with Gasteiger partial charge in [-0.1, -0.05) is 36.3 Å². The van der Waals surface area contributed by atoms with Crippen molar-refractivity contribution >= 4 is 0 Å². The molecule has 1 saturated heterocycles. The van der Waals surface area contributed by atoms with Gasteiger partial charge < -0.3 is 9.47 Å². The molecule has 24 heavy (non-hydrogen) atoms. The predicted molar refractivity (Wildman–Crippen MR) is 92.9 cm³/mol. The van der Waals surface area contributed by atoms with E-state index in [0.29, 0.717) is 13.4 Å². The van der Waals surface area contributed by atoms with E-state index in [1.54, 1.807) is 7.11 Å². The Balaban J connectivity index is 1.78. The van der Waals surface area contributed by atoms with Crippen molar-refractivity contribution in [1.29, 1.82) is 0 Å². The van der Waals surface area contributed by atoms with E-state index < -0.39 is 0 Å². The quantitative estimate of drug-likeness (QED) is 0.590. The van der Waals surface area contributed by atoms with Crippen LogP contribution in [-0.4, -0.2) is 36.7 Å². The average molecular weight is 329 g/mol. The van der Waals surface area contributed by atoms with Gasteiger partial charge in [-0.3, -0.25) is 4.84 Å². The molecular formula is C20H27NO3. The minimum absolute atomic E-state index is 0.00853. The number of piperidine rings is 1. The van der Waals surface area contributed by atoms with Crippen LogP contribution in [0, 0.1) is 12.3 Å². The van der Waals surface area contributed by atoms with Crippen LogP contribution in [0.5, 0.6) is 0 Å². The monoisotopic (exact) mass is 329 g/mol. The van der Waals surface area contributed by atoms with E-state index in [9.17, 15) is 0 Å². The summed E-state index contributed by atoms with van der Waals surface area (Å²) in [6, 6.07) is 10.2. The fourth-order valence-electron chi connectivity index (χ4n) is 4.18. The number of ether oxygens (including phenoxy) is 2. The summed E-state index contributed by atoms with van der Waals surface area (Å²) in [7, 11) is 1.66. The molecule has 0 bridgehead atoms. The first-order valence-corrected chi connectivity index (χ1v) is 8.83. The van der Waals surface area contributed by atoms with Gasteiger partial charge >= 0.3 is 0 Å². The maximum atomic E-state index is 6.29. The number of hydrogen-bond donors (Lipinski definition) is 0. The van der Waals surface area contributed by atoms with Crippen molar-refractivity contribution in [1.82, 2.24) is 5.06 Å². The van der Waals surface area contributed by atoms with E-state index in [1.165, 1.54) is 0 Å². The smallest absolute Gasteiger partial charge is 0.146 e. The SMILES string of the molecule is C#C[C@H]1CCC[C@]2(CCC[C@H]2OCOC)N1OCc1ccccc1. The molecule has 130 valence electrons. The first-order valence-electron chi connectivity index (χ1n) is 8.83. The maximum absolute atomic E-state index is 6.29. The number of benzene rings is 1. The summed E-state index contributed by atoms with van der Waals surface area (Å²) in [4.78, 5) is 6.29. The van der Waals surface area contributed by atoms with Crippen LogP contribution in [0.4, 0.5) is 0 Å². The van der Waals surface area contributed by atoms with E-state index in [-0.39, 0.29) is 17.7 Å². The van der Waals surface area contributed by atoms with Crippen molar-refractivity contribution < 1.29 is 14.3 Å². The van der Waals surface area contributed by atoms with Gasteiger partial charge in [-0.05, 0) is 44.1 Å². The summed E-state index contributed by atoms with van der Waals surface area (Å²) in [5.74, 6) is 2.93. The van der Waals surface area contributed by atoms with Gasteiger partial charge in [0.15, 0.2) is 0 Å².